The van der Waals surface area contributed by atoms with E-state index < -0.39 is 47.6 Å². The number of carbonyl (C=O) groups is 1. The molecule has 1 amide bonds. The van der Waals surface area contributed by atoms with Crippen LogP contribution in [0.25, 0.3) is 0 Å². The Morgan fingerprint density at radius 3 is 2.09 bits per heavy atom. The molecule has 2 aromatic rings. The summed E-state index contributed by atoms with van der Waals surface area (Å²) in [5.41, 5.74) is -0.391. The summed E-state index contributed by atoms with van der Waals surface area (Å²) in [4.78, 5) is 14.1. The van der Waals surface area contributed by atoms with E-state index in [4.69, 9.17) is 17.4 Å². The van der Waals surface area contributed by atoms with Gasteiger partial charge in [-0.1, -0.05) is 0 Å². The predicted molar refractivity (Wildman–Crippen MR) is 183 cm³/mol. The topological polar surface area (TPSA) is 72.9 Å². The van der Waals surface area contributed by atoms with E-state index in [0.29, 0.717) is 5.92 Å². The van der Waals surface area contributed by atoms with Crippen LogP contribution in [0.3, 0.4) is 0 Å². The van der Waals surface area contributed by atoms with Crippen molar-refractivity contribution in [3.8, 4) is 0 Å². The van der Waals surface area contributed by atoms with Crippen LogP contribution in [0, 0.1) is 22.7 Å². The van der Waals surface area contributed by atoms with Crippen LogP contribution in [-0.2, 0) is 47.3 Å². The molecular weight excluding hydrogens is 823 g/mol. The molecule has 2 saturated heterocycles. The first-order valence-electron chi connectivity index (χ1n) is 17.2. The van der Waals surface area contributed by atoms with Crippen LogP contribution < -0.4 is 10.4 Å². The summed E-state index contributed by atoms with van der Waals surface area (Å²) < 4.78 is 42.9. The number of ether oxygens (including phenoxy) is 1. The summed E-state index contributed by atoms with van der Waals surface area (Å²) in [7, 11) is 0.516. The van der Waals surface area contributed by atoms with Gasteiger partial charge in [0.15, 0.2) is 0 Å². The molecule has 0 radical (unpaired) electrons. The number of hydrogen-bond acceptors (Lipinski definition) is 5. The van der Waals surface area contributed by atoms with Gasteiger partial charge in [-0.15, -0.1) is 0 Å². The van der Waals surface area contributed by atoms with E-state index in [1.165, 1.54) is 14.7 Å². The van der Waals surface area contributed by atoms with Crippen LogP contribution in [0.5, 0.6) is 0 Å². The standard InChI is InChI=1S/C36H50NO5SSi.ClH.Hg/c1-25(42-44(34(3,4)5,29-14-10-8-11-15-29)30-16-12-9-13-17-30)22-28-18-19-31(41-28)26(2)33(38)37-32-23-27-20-21-36(32,35(27,6)7)24-43(37,39)40;;/h8-17,22,25-28,31-32H,18-21,23-24H2,1-7H3;1H;/q;;+1/p-1/t25-,26-,27-,28+,31+,32-,36-;;/m0../s1. The van der Waals surface area contributed by atoms with Gasteiger partial charge in [-0.3, -0.25) is 0 Å². The number of hydrogen-bond donors (Lipinski definition) is 0. The molecule has 2 saturated carbocycles. The van der Waals surface area contributed by atoms with Gasteiger partial charge in [0.2, 0.25) is 0 Å². The zero-order valence-corrected chi connectivity index (χ0v) is 36.6. The molecule has 2 bridgehead atoms. The molecule has 2 aliphatic heterocycles. The molecule has 4 aliphatic rings. The van der Waals surface area contributed by atoms with Gasteiger partial charge in [-0.2, -0.15) is 0 Å². The third-order valence-corrected chi connectivity index (χ3v) is 28.9. The van der Waals surface area contributed by atoms with Crippen molar-refractivity contribution in [1.82, 2.24) is 4.31 Å². The fourth-order valence-corrected chi connectivity index (χ4v) is 25.4. The van der Waals surface area contributed by atoms with Gasteiger partial charge in [-0.05, 0) is 0 Å². The fraction of sp³-hybridized carbons (Fsp3) is 0.639. The van der Waals surface area contributed by atoms with Gasteiger partial charge in [0.25, 0.3) is 0 Å². The van der Waals surface area contributed by atoms with E-state index in [9.17, 15) is 13.2 Å². The summed E-state index contributed by atoms with van der Waals surface area (Å²) >= 11 is -1.97. The van der Waals surface area contributed by atoms with Gasteiger partial charge < -0.3 is 0 Å². The molecule has 1 spiro atoms. The first kappa shape index (κ1) is 35.1. The van der Waals surface area contributed by atoms with Crippen molar-refractivity contribution in [2.24, 2.45) is 22.7 Å². The average molecular weight is 873 g/mol. The second-order valence-corrected chi connectivity index (χ2v) is 29.8. The van der Waals surface area contributed by atoms with Crippen molar-refractivity contribution in [3.05, 3.63) is 60.7 Å². The summed E-state index contributed by atoms with van der Waals surface area (Å²) in [6, 6.07) is 21.1. The minimum atomic E-state index is -3.67. The number of fused-ring (bicyclic) bond motifs is 1. The van der Waals surface area contributed by atoms with Crippen LogP contribution >= 0.6 is 8.25 Å². The number of carbonyl (C=O) groups excluding carboxylic acids is 1. The van der Waals surface area contributed by atoms with E-state index in [1.54, 1.807) is 0 Å². The number of amides is 1. The molecule has 0 unspecified atom stereocenters. The number of benzene rings is 2. The minimum absolute atomic E-state index is 0.0693. The molecule has 4 fully saturated rings. The molecule has 2 heterocycles. The fourth-order valence-electron chi connectivity index (χ4n) is 9.90. The zero-order valence-electron chi connectivity index (χ0n) is 28.5. The van der Waals surface area contributed by atoms with Gasteiger partial charge in [0.05, 0.1) is 0 Å². The molecule has 10 heteroatoms. The second kappa shape index (κ2) is 12.5. The van der Waals surface area contributed by atoms with Gasteiger partial charge in [0.1, 0.15) is 0 Å². The third-order valence-electron chi connectivity index (χ3n) is 12.7. The Hall–Kier alpha value is -0.778. The first-order valence-corrected chi connectivity index (χ1v) is 30.6. The van der Waals surface area contributed by atoms with Crippen LogP contribution in [-0.4, -0.2) is 57.1 Å². The van der Waals surface area contributed by atoms with E-state index in [1.807, 2.05) is 6.92 Å². The quantitative estimate of drug-likeness (QED) is 0.269. The number of rotatable bonds is 9. The SMILES string of the molecule is C[C@H](O[Si](c1ccccc1)(c1ccccc1)C(C)(C)C)[C@@H]([Hg][Cl])[C@H]1CC[C@H]([C@H](C)C(=O)N2[C@H]3C[C@@H]4CC[C@@]3(CS2(=O)=O)C4(C)C)O1. The Kier molecular flexibility index (Phi) is 9.55. The van der Waals surface area contributed by atoms with Crippen molar-refractivity contribution in [2.75, 3.05) is 5.75 Å². The molecule has 6 rings (SSSR count). The molecular formula is C36H50ClHgNO5SSi. The van der Waals surface area contributed by atoms with Crippen molar-refractivity contribution >= 4 is 42.9 Å². The molecule has 8 atom stereocenters. The Morgan fingerprint density at radius 1 is 1.00 bits per heavy atom. The summed E-state index contributed by atoms with van der Waals surface area (Å²) in [6.45, 7) is 15.3. The predicted octanol–water partition coefficient (Wildman–Crippen LogP) is 6.53. The maximum atomic E-state index is 14.1. The summed E-state index contributed by atoms with van der Waals surface area (Å²) in [5.74, 6) is -0.237. The number of sulfonamides is 1. The number of nitrogens with zero attached hydrogens (tertiary/aromatic N) is 1. The van der Waals surface area contributed by atoms with Crippen molar-refractivity contribution in [2.45, 2.75) is 113 Å². The van der Waals surface area contributed by atoms with Crippen molar-refractivity contribution in [1.29, 1.82) is 0 Å². The zero-order chi connectivity index (χ0) is 33.3. The molecule has 248 valence electrons. The summed E-state index contributed by atoms with van der Waals surface area (Å²) in [5, 5.41) is 2.33. The second-order valence-electron chi connectivity index (χ2n) is 16.1. The molecule has 0 N–H and O–H groups in total. The van der Waals surface area contributed by atoms with E-state index in [0.717, 1.165) is 32.1 Å². The molecule has 46 heavy (non-hydrogen) atoms. The normalized spacial score (nSPS) is 31.7. The maximum absolute atomic E-state index is 14.1. The Morgan fingerprint density at radius 2 is 1.57 bits per heavy atom. The van der Waals surface area contributed by atoms with Gasteiger partial charge in [0, 0.05) is 0 Å². The van der Waals surface area contributed by atoms with E-state index in [2.05, 4.69) is 102 Å². The molecule has 2 aromatic carbocycles. The first-order chi connectivity index (χ1) is 21.6. The number of halogens is 1. The monoisotopic (exact) mass is 873 g/mol. The Labute approximate surface area is 293 Å². The van der Waals surface area contributed by atoms with E-state index in [-0.39, 0.29) is 55.3 Å². The van der Waals surface area contributed by atoms with Crippen molar-refractivity contribution in [3.63, 3.8) is 0 Å². The Bertz CT molecular complexity index is 1500. The van der Waals surface area contributed by atoms with Crippen LogP contribution in [0.15, 0.2) is 60.7 Å². The molecule has 0 aromatic heterocycles. The average Bonchev–Trinajstić information content (AvgIpc) is 3.70. The molecule has 2 aliphatic carbocycles. The van der Waals surface area contributed by atoms with Crippen LogP contribution in [0.2, 0.25) is 8.46 Å². The third kappa shape index (κ3) is 5.42. The van der Waals surface area contributed by atoms with Gasteiger partial charge in [-0.25, -0.2) is 0 Å². The van der Waals surface area contributed by atoms with Gasteiger partial charge >= 0.3 is 295 Å². The van der Waals surface area contributed by atoms with E-state index >= 15 is 0 Å². The summed E-state index contributed by atoms with van der Waals surface area (Å²) in [6.07, 6.45) is 3.75. The van der Waals surface area contributed by atoms with Crippen LogP contribution in [0.1, 0.15) is 80.6 Å². The van der Waals surface area contributed by atoms with Crippen LogP contribution in [0.4, 0.5) is 0 Å². The van der Waals surface area contributed by atoms with Crippen molar-refractivity contribution < 1.29 is 45.7 Å². The molecule has 6 nitrogen and oxygen atoms in total. The Balaban J connectivity index is 1.22.